The van der Waals surface area contributed by atoms with Crippen molar-refractivity contribution in [2.45, 2.75) is 25.6 Å². The highest BCUT2D eigenvalue weighted by atomic mass is 127. The molecular weight excluding hydrogens is 529 g/mol. The molecule has 8 heteroatoms. The van der Waals surface area contributed by atoms with Crippen molar-refractivity contribution in [3.05, 3.63) is 100 Å². The van der Waals surface area contributed by atoms with Gasteiger partial charge < -0.3 is 20.1 Å². The maximum Gasteiger partial charge on any atom is 0.250 e. The molecule has 1 unspecified atom stereocenters. The molecule has 1 aliphatic rings. The topological polar surface area (TPSA) is 78.7 Å². The summed E-state index contributed by atoms with van der Waals surface area (Å²) >= 11 is 0. The average Bonchev–Trinajstić information content (AvgIpc) is 3.19. The summed E-state index contributed by atoms with van der Waals surface area (Å²) in [5, 5.41) is 6.67. The van der Waals surface area contributed by atoms with Crippen LogP contribution in [0, 0.1) is 0 Å². The number of rotatable bonds is 6. The van der Waals surface area contributed by atoms with E-state index in [1.807, 2.05) is 65.6 Å². The Morgan fingerprint density at radius 3 is 2.36 bits per heavy atom. The minimum Gasteiger partial charge on any atom is -0.352 e. The number of carbonyl (C=O) groups excluding carboxylic acids is 1. The van der Waals surface area contributed by atoms with Crippen LogP contribution >= 0.6 is 24.0 Å². The first-order valence-corrected chi connectivity index (χ1v) is 10.7. The molecule has 1 amide bonds. The highest BCUT2D eigenvalue weighted by Crippen LogP contribution is 2.20. The van der Waals surface area contributed by atoms with Crippen LogP contribution in [0.5, 0.6) is 0 Å². The summed E-state index contributed by atoms with van der Waals surface area (Å²) < 4.78 is 1.68. The normalized spacial score (nSPS) is 15.8. The molecule has 0 saturated carbocycles. The van der Waals surface area contributed by atoms with Crippen molar-refractivity contribution in [1.82, 2.24) is 15.2 Å². The van der Waals surface area contributed by atoms with Gasteiger partial charge in [-0.3, -0.25) is 14.6 Å². The number of pyridine rings is 1. The predicted molar refractivity (Wildman–Crippen MR) is 142 cm³/mol. The van der Waals surface area contributed by atoms with Gasteiger partial charge in [-0.25, -0.2) is 0 Å². The fraction of sp³-hybridized carbons (Fsp3) is 0.240. The molecule has 0 spiro atoms. The number of benzene rings is 2. The summed E-state index contributed by atoms with van der Waals surface area (Å²) in [6, 6.07) is 23.0. The molecule has 4 rings (SSSR count). The summed E-state index contributed by atoms with van der Waals surface area (Å²) in [6.07, 6.45) is 2.23. The number of aromatic nitrogens is 1. The molecule has 1 atom stereocenters. The standard InChI is InChI=1S/C25H27N5O2.HI/c1-26-25(28-21-15-24(32)30(18-21)22-7-3-2-4-8-22)27-16-19-10-12-20(13-11-19)17-29-14-6-5-9-23(29)31;/h2-14,21H,15-18H2,1H3,(H2,26,27,28);1H. The number of anilines is 1. The van der Waals surface area contributed by atoms with Crippen LogP contribution in [-0.4, -0.2) is 36.1 Å². The second-order valence-corrected chi connectivity index (χ2v) is 7.79. The van der Waals surface area contributed by atoms with E-state index in [0.717, 1.165) is 16.8 Å². The number of halogens is 1. The Bertz CT molecular complexity index is 1150. The maximum absolute atomic E-state index is 12.4. The molecule has 3 aromatic rings. The second kappa shape index (κ2) is 11.6. The number of hydrogen-bond acceptors (Lipinski definition) is 3. The van der Waals surface area contributed by atoms with Crippen molar-refractivity contribution in [2.75, 3.05) is 18.5 Å². The highest BCUT2D eigenvalue weighted by Gasteiger charge is 2.30. The van der Waals surface area contributed by atoms with Crippen LogP contribution < -0.4 is 21.1 Å². The van der Waals surface area contributed by atoms with Gasteiger partial charge in [0.1, 0.15) is 0 Å². The molecule has 2 N–H and O–H groups in total. The van der Waals surface area contributed by atoms with E-state index in [1.54, 1.807) is 29.9 Å². The van der Waals surface area contributed by atoms with Crippen LogP contribution in [0.2, 0.25) is 0 Å². The molecule has 2 aromatic carbocycles. The molecule has 1 aliphatic heterocycles. The van der Waals surface area contributed by atoms with Gasteiger partial charge in [0, 0.05) is 44.5 Å². The van der Waals surface area contributed by atoms with Crippen LogP contribution in [0.25, 0.3) is 0 Å². The van der Waals surface area contributed by atoms with E-state index in [4.69, 9.17) is 0 Å². The monoisotopic (exact) mass is 557 g/mol. The highest BCUT2D eigenvalue weighted by molar-refractivity contribution is 14.0. The molecule has 1 aromatic heterocycles. The Hall–Kier alpha value is -3.14. The second-order valence-electron chi connectivity index (χ2n) is 7.79. The van der Waals surface area contributed by atoms with E-state index >= 15 is 0 Å². The lowest BCUT2D eigenvalue weighted by Crippen LogP contribution is -2.44. The van der Waals surface area contributed by atoms with Crippen LogP contribution in [0.1, 0.15) is 17.5 Å². The van der Waals surface area contributed by atoms with E-state index in [9.17, 15) is 9.59 Å². The molecule has 33 heavy (non-hydrogen) atoms. The molecule has 1 saturated heterocycles. The van der Waals surface area contributed by atoms with Gasteiger partial charge in [0.15, 0.2) is 5.96 Å². The van der Waals surface area contributed by atoms with Gasteiger partial charge in [0.2, 0.25) is 5.91 Å². The van der Waals surface area contributed by atoms with Crippen molar-refractivity contribution >= 4 is 41.5 Å². The van der Waals surface area contributed by atoms with Crippen LogP contribution in [0.4, 0.5) is 5.69 Å². The fourth-order valence-electron chi connectivity index (χ4n) is 3.79. The van der Waals surface area contributed by atoms with E-state index in [-0.39, 0.29) is 41.5 Å². The van der Waals surface area contributed by atoms with Crippen molar-refractivity contribution in [3.8, 4) is 0 Å². The van der Waals surface area contributed by atoms with Gasteiger partial charge in [-0.05, 0) is 29.3 Å². The molecule has 0 bridgehead atoms. The van der Waals surface area contributed by atoms with E-state index in [0.29, 0.717) is 32.0 Å². The van der Waals surface area contributed by atoms with Crippen molar-refractivity contribution in [1.29, 1.82) is 0 Å². The summed E-state index contributed by atoms with van der Waals surface area (Å²) in [6.45, 7) is 1.76. The molecule has 7 nitrogen and oxygen atoms in total. The number of amides is 1. The van der Waals surface area contributed by atoms with Crippen LogP contribution in [0.3, 0.4) is 0 Å². The fourth-order valence-corrected chi connectivity index (χ4v) is 3.79. The lowest BCUT2D eigenvalue weighted by atomic mass is 10.1. The zero-order chi connectivity index (χ0) is 22.3. The molecule has 2 heterocycles. The van der Waals surface area contributed by atoms with E-state index < -0.39 is 0 Å². The Morgan fingerprint density at radius 1 is 0.970 bits per heavy atom. The first-order chi connectivity index (χ1) is 15.6. The van der Waals surface area contributed by atoms with E-state index in [2.05, 4.69) is 15.6 Å². The zero-order valence-electron chi connectivity index (χ0n) is 18.5. The van der Waals surface area contributed by atoms with Crippen molar-refractivity contribution in [2.24, 2.45) is 4.99 Å². The number of aliphatic imine (C=N–C) groups is 1. The van der Waals surface area contributed by atoms with Gasteiger partial charge >= 0.3 is 0 Å². The van der Waals surface area contributed by atoms with Gasteiger partial charge in [0.05, 0.1) is 12.6 Å². The van der Waals surface area contributed by atoms with Crippen LogP contribution in [0.15, 0.2) is 88.8 Å². The molecule has 1 fully saturated rings. The number of nitrogens with zero attached hydrogens (tertiary/aromatic N) is 3. The SMILES string of the molecule is CN=C(NCc1ccc(Cn2ccccc2=O)cc1)NC1CC(=O)N(c2ccccc2)C1.I. The molecule has 172 valence electrons. The Morgan fingerprint density at radius 2 is 1.67 bits per heavy atom. The quantitative estimate of drug-likeness (QED) is 0.278. The summed E-state index contributed by atoms with van der Waals surface area (Å²) in [4.78, 5) is 30.4. The summed E-state index contributed by atoms with van der Waals surface area (Å²) in [5.74, 6) is 0.773. The lowest BCUT2D eigenvalue weighted by Gasteiger charge is -2.19. The lowest BCUT2D eigenvalue weighted by molar-refractivity contribution is -0.117. The summed E-state index contributed by atoms with van der Waals surface area (Å²) in [5.41, 5.74) is 3.08. The number of carbonyl (C=O) groups is 1. The van der Waals surface area contributed by atoms with Crippen molar-refractivity contribution in [3.63, 3.8) is 0 Å². The predicted octanol–water partition coefficient (Wildman–Crippen LogP) is 2.99. The molecular formula is C25H28IN5O2. The smallest absolute Gasteiger partial charge is 0.250 e. The number of nitrogens with one attached hydrogen (secondary N) is 2. The minimum absolute atomic E-state index is 0. The summed E-state index contributed by atoms with van der Waals surface area (Å²) in [7, 11) is 1.72. The largest absolute Gasteiger partial charge is 0.352 e. The first-order valence-electron chi connectivity index (χ1n) is 10.7. The molecule has 0 radical (unpaired) electrons. The van der Waals surface area contributed by atoms with Gasteiger partial charge in [-0.2, -0.15) is 0 Å². The number of guanidine groups is 1. The van der Waals surface area contributed by atoms with Gasteiger partial charge in [-0.15, -0.1) is 24.0 Å². The third-order valence-corrected chi connectivity index (χ3v) is 5.49. The van der Waals surface area contributed by atoms with E-state index in [1.165, 1.54) is 0 Å². The van der Waals surface area contributed by atoms with Gasteiger partial charge in [-0.1, -0.05) is 48.5 Å². The average molecular weight is 557 g/mol. The minimum atomic E-state index is -0.00987. The third-order valence-electron chi connectivity index (χ3n) is 5.49. The maximum atomic E-state index is 12.4. The van der Waals surface area contributed by atoms with Gasteiger partial charge in [0.25, 0.3) is 5.56 Å². The van der Waals surface area contributed by atoms with Crippen LogP contribution in [-0.2, 0) is 17.9 Å². The van der Waals surface area contributed by atoms with Crippen molar-refractivity contribution < 1.29 is 4.79 Å². The number of hydrogen-bond donors (Lipinski definition) is 2. The zero-order valence-corrected chi connectivity index (χ0v) is 20.8. The third kappa shape index (κ3) is 6.44. The molecule has 0 aliphatic carbocycles. The Labute approximate surface area is 210 Å². The Balaban J connectivity index is 0.00000306. The first kappa shape index (κ1) is 24.5. The Kier molecular flexibility index (Phi) is 8.65. The number of para-hydroxylation sites is 1.